The molecule has 12 rings (SSSR count). The number of hydrogen-bond acceptors (Lipinski definition) is 2. The molecule has 1 aliphatic rings. The monoisotopic (exact) mass is 807 g/mol. The number of anilines is 3. The van der Waals surface area contributed by atoms with Crippen LogP contribution in [0.25, 0.3) is 66.4 Å². The number of benzene rings is 10. The van der Waals surface area contributed by atoms with Gasteiger partial charge in [0.1, 0.15) is 11.2 Å². The summed E-state index contributed by atoms with van der Waals surface area (Å²) in [5, 5.41) is 2.07. The van der Waals surface area contributed by atoms with Crippen molar-refractivity contribution in [3.05, 3.63) is 271 Å². The van der Waals surface area contributed by atoms with E-state index in [4.69, 9.17) is 4.42 Å². The number of para-hydroxylation sites is 2. The van der Waals surface area contributed by atoms with E-state index >= 15 is 0 Å². The Bertz CT molecular complexity index is 3600. The van der Waals surface area contributed by atoms with Gasteiger partial charge < -0.3 is 9.32 Å². The molecular weight excluding hydrogens is 763 g/mol. The summed E-state index contributed by atoms with van der Waals surface area (Å²) in [7, 11) is 0. The fraction of sp³-hybridized carbons (Fsp3) is 0.0164. The van der Waals surface area contributed by atoms with Crippen LogP contribution in [0.3, 0.4) is 0 Å². The molecule has 0 unspecified atom stereocenters. The van der Waals surface area contributed by atoms with Crippen molar-refractivity contribution in [2.24, 2.45) is 0 Å². The summed E-state index contributed by atoms with van der Waals surface area (Å²) in [4.78, 5) is 1.90. The molecule has 1 aromatic heterocycles. The zero-order valence-corrected chi connectivity index (χ0v) is 34.2. The quantitative estimate of drug-likeness (QED) is 0.152. The third kappa shape index (κ3) is 5.95. The Morgan fingerprint density at radius 3 is 1.41 bits per heavy atom. The van der Waals surface area contributed by atoms with Crippen LogP contribution in [-0.2, 0) is 5.41 Å². The van der Waals surface area contributed by atoms with E-state index in [0.29, 0.717) is 16.9 Å². The second-order valence-electron chi connectivity index (χ2n) is 16.1. The maximum Gasteiger partial charge on any atom is 0.143 e. The lowest BCUT2D eigenvalue weighted by Gasteiger charge is -2.35. The van der Waals surface area contributed by atoms with Crippen LogP contribution in [0.5, 0.6) is 0 Å². The summed E-state index contributed by atoms with van der Waals surface area (Å²) in [6.07, 6.45) is 0. The Hall–Kier alpha value is -8.20. The van der Waals surface area contributed by atoms with Crippen molar-refractivity contribution in [1.82, 2.24) is 0 Å². The Balaban J connectivity index is 1.07. The highest BCUT2D eigenvalue weighted by atomic mass is 16.3. The lowest BCUT2D eigenvalue weighted by molar-refractivity contribution is 0.671. The van der Waals surface area contributed by atoms with Gasteiger partial charge in [-0.2, -0.15) is 0 Å². The fourth-order valence-electron chi connectivity index (χ4n) is 9.83. The van der Waals surface area contributed by atoms with Crippen molar-refractivity contribution in [1.29, 1.82) is 0 Å². The molecule has 0 aliphatic heterocycles. The molecule has 10 aromatic carbocycles. The minimum absolute atomic E-state index is 0.105. The van der Waals surface area contributed by atoms with Crippen molar-refractivity contribution in [3.63, 3.8) is 0 Å². The first kappa shape index (κ1) is 32.6. The summed E-state index contributed by atoms with van der Waals surface area (Å²) in [5.74, 6) is 0. The Kier molecular flexibility index (Phi) is 7.78. The Morgan fingerprint density at radius 2 is 0.810 bits per heavy atom. The van der Waals surface area contributed by atoms with Gasteiger partial charge in [0.05, 0.1) is 10.9 Å². The van der Waals surface area contributed by atoms with Crippen LogP contribution in [0.4, 0.5) is 17.1 Å². The predicted molar refractivity (Wildman–Crippen MR) is 262 cm³/mol. The number of hydrogen-bond donors (Lipinski definition) is 0. The molecule has 0 bridgehead atoms. The molecule has 0 spiro atoms. The average Bonchev–Trinajstić information content (AvgIpc) is 3.92. The molecule has 0 saturated carbocycles. The number of rotatable bonds is 8. The Labute approximate surface area is 373 Å². The lowest BCUT2D eigenvalue weighted by Crippen LogP contribution is -2.28. The predicted octanol–water partition coefficient (Wildman–Crippen LogP) is 16.4. The fourth-order valence-corrected chi connectivity index (χ4v) is 9.83. The van der Waals surface area contributed by atoms with E-state index in [1.165, 1.54) is 5.56 Å². The molecule has 0 fully saturated rings. The smallest absolute Gasteiger partial charge is 0.143 e. The summed E-state index contributed by atoms with van der Waals surface area (Å²) < 4.78 is 45.1. The minimum atomic E-state index is -0.697. The molecule has 0 amide bonds. The second kappa shape index (κ2) is 15.1. The van der Waals surface area contributed by atoms with Crippen molar-refractivity contribution in [3.8, 4) is 44.5 Å². The highest BCUT2D eigenvalue weighted by Crippen LogP contribution is 2.57. The molecule has 1 aliphatic carbocycles. The van der Waals surface area contributed by atoms with Gasteiger partial charge >= 0.3 is 0 Å². The van der Waals surface area contributed by atoms with Crippen molar-refractivity contribution >= 4 is 39.0 Å². The maximum absolute atomic E-state index is 9.71. The molecule has 0 radical (unpaired) electrons. The SMILES string of the molecule is [2H]c1c([2H])c(N(c2ccc(-c3cccc4c3oc3c(-c5ccccc5)cccc34)cc2)c2ccc3c(c2)C(c2ccccc2)(c2ccccc2)c2ccccc2-3)c([2H])c([2H])c1-c1ccccc1. The number of nitrogens with zero attached hydrogens (tertiary/aromatic N) is 1. The molecular formula is C61H41NO. The highest BCUT2D eigenvalue weighted by Gasteiger charge is 2.46. The van der Waals surface area contributed by atoms with Crippen LogP contribution >= 0.6 is 0 Å². The lowest BCUT2D eigenvalue weighted by atomic mass is 9.67. The van der Waals surface area contributed by atoms with Gasteiger partial charge in [0.15, 0.2) is 0 Å². The third-order valence-electron chi connectivity index (χ3n) is 12.6. The van der Waals surface area contributed by atoms with Crippen LogP contribution in [0.2, 0.25) is 0 Å². The molecule has 0 N–H and O–H groups in total. The molecule has 296 valence electrons. The number of fused-ring (bicyclic) bond motifs is 6. The van der Waals surface area contributed by atoms with E-state index in [-0.39, 0.29) is 35.4 Å². The van der Waals surface area contributed by atoms with Crippen LogP contribution in [0, 0.1) is 0 Å². The zero-order chi connectivity index (χ0) is 45.2. The normalized spacial score (nSPS) is 13.5. The average molecular weight is 808 g/mol. The second-order valence-corrected chi connectivity index (χ2v) is 16.1. The van der Waals surface area contributed by atoms with E-state index in [9.17, 15) is 5.48 Å². The van der Waals surface area contributed by atoms with E-state index in [1.807, 2.05) is 83.8 Å². The third-order valence-corrected chi connectivity index (χ3v) is 12.6. The van der Waals surface area contributed by atoms with Gasteiger partial charge in [0.2, 0.25) is 0 Å². The molecule has 1 heterocycles. The summed E-state index contributed by atoms with van der Waals surface area (Å²) >= 11 is 0. The van der Waals surface area contributed by atoms with Crippen LogP contribution in [0.15, 0.2) is 253 Å². The van der Waals surface area contributed by atoms with E-state index < -0.39 is 5.41 Å². The maximum atomic E-state index is 9.71. The first-order valence-electron chi connectivity index (χ1n) is 23.3. The van der Waals surface area contributed by atoms with Crippen LogP contribution in [-0.4, -0.2) is 0 Å². The summed E-state index contributed by atoms with van der Waals surface area (Å²) in [5.41, 5.74) is 14.1. The van der Waals surface area contributed by atoms with Gasteiger partial charge in [-0.3, -0.25) is 0 Å². The molecule has 2 nitrogen and oxygen atoms in total. The highest BCUT2D eigenvalue weighted by molar-refractivity contribution is 6.13. The summed E-state index contributed by atoms with van der Waals surface area (Å²) in [6, 6.07) is 75.9. The van der Waals surface area contributed by atoms with Crippen molar-refractivity contribution < 1.29 is 9.90 Å². The van der Waals surface area contributed by atoms with Crippen molar-refractivity contribution in [2.75, 3.05) is 4.90 Å². The minimum Gasteiger partial charge on any atom is -0.455 e. The van der Waals surface area contributed by atoms with Gasteiger partial charge in [-0.05, 0) is 92.0 Å². The molecule has 2 heteroatoms. The van der Waals surface area contributed by atoms with Crippen molar-refractivity contribution in [2.45, 2.75) is 5.41 Å². The molecule has 63 heavy (non-hydrogen) atoms. The van der Waals surface area contributed by atoms with Crippen LogP contribution < -0.4 is 4.90 Å². The first-order chi connectivity index (χ1) is 32.9. The Morgan fingerprint density at radius 1 is 0.333 bits per heavy atom. The zero-order valence-electron chi connectivity index (χ0n) is 38.2. The summed E-state index contributed by atoms with van der Waals surface area (Å²) in [6.45, 7) is 0. The van der Waals surface area contributed by atoms with Gasteiger partial charge in [-0.15, -0.1) is 0 Å². The standard InChI is InChI=1S/C61H41NO/c1-5-17-42(18-6-1)43-31-35-48(36-32-43)62(49-37-33-45(34-38-49)52-27-16-29-56-55-28-15-26-51(59(55)63-60(52)56)44-19-7-2-8-20-44)50-39-40-54-53-25-13-14-30-57(53)61(58(54)41-50,46-21-9-3-10-22-46)47-23-11-4-12-24-47/h1-41H/i31D,32D,35D,36D. The number of furan rings is 1. The van der Waals surface area contributed by atoms with E-state index in [1.54, 1.807) is 0 Å². The van der Waals surface area contributed by atoms with Gasteiger partial charge in [-0.25, -0.2) is 0 Å². The van der Waals surface area contributed by atoms with E-state index in [0.717, 1.165) is 72.0 Å². The molecule has 0 saturated heterocycles. The van der Waals surface area contributed by atoms with Gasteiger partial charge in [0.25, 0.3) is 0 Å². The molecule has 0 atom stereocenters. The van der Waals surface area contributed by atoms with Crippen LogP contribution in [0.1, 0.15) is 27.7 Å². The van der Waals surface area contributed by atoms with Gasteiger partial charge in [-0.1, -0.05) is 212 Å². The largest absolute Gasteiger partial charge is 0.455 e. The van der Waals surface area contributed by atoms with E-state index in [2.05, 4.69) is 146 Å². The molecule has 11 aromatic rings. The first-order valence-corrected chi connectivity index (χ1v) is 21.3. The topological polar surface area (TPSA) is 16.4 Å². The van der Waals surface area contributed by atoms with Gasteiger partial charge in [0, 0.05) is 39.0 Å².